The van der Waals surface area contributed by atoms with Gasteiger partial charge in [-0.25, -0.2) is 0 Å². The molecule has 0 saturated carbocycles. The van der Waals surface area contributed by atoms with Crippen LogP contribution in [0.15, 0.2) is 47.4 Å². The van der Waals surface area contributed by atoms with Gasteiger partial charge in [0.1, 0.15) is 4.90 Å². The monoisotopic (exact) mass is 250 g/mol. The molecule has 2 aromatic rings. The summed E-state index contributed by atoms with van der Waals surface area (Å²) in [7, 11) is -4.04. The van der Waals surface area contributed by atoms with Crippen LogP contribution in [-0.4, -0.2) is 14.4 Å². The third-order valence-corrected chi connectivity index (χ3v) is 3.59. The predicted octanol–water partition coefficient (Wildman–Crippen LogP) is 2.09. The highest BCUT2D eigenvalue weighted by atomic mass is 32.2. The Morgan fingerprint density at radius 2 is 1.71 bits per heavy atom. The smallest absolute Gasteiger partial charge is 0.342 e. The van der Waals surface area contributed by atoms with Crippen molar-refractivity contribution in [3.8, 4) is 0 Å². The minimum Gasteiger partial charge on any atom is -0.343 e. The van der Waals surface area contributed by atoms with E-state index < -0.39 is 16.1 Å². The van der Waals surface area contributed by atoms with Gasteiger partial charge in [-0.2, -0.15) is 8.42 Å². The Labute approximate surface area is 99.0 Å². The van der Waals surface area contributed by atoms with Crippen LogP contribution in [0.4, 0.5) is 0 Å². The van der Waals surface area contributed by atoms with Crippen molar-refractivity contribution in [2.24, 2.45) is 0 Å². The maximum absolute atomic E-state index is 11.8. The van der Waals surface area contributed by atoms with Crippen LogP contribution in [0.5, 0.6) is 0 Å². The van der Waals surface area contributed by atoms with Gasteiger partial charge in [0.25, 0.3) is 0 Å². The molecular formula is C12H10O4S. The first-order valence-corrected chi connectivity index (χ1v) is 6.34. The maximum Gasteiger partial charge on any atom is 0.342 e. The topological polar surface area (TPSA) is 60.4 Å². The Morgan fingerprint density at radius 1 is 1.06 bits per heavy atom. The van der Waals surface area contributed by atoms with E-state index in [9.17, 15) is 13.2 Å². The lowest BCUT2D eigenvalue weighted by Gasteiger charge is -2.06. The molecule has 5 heteroatoms. The zero-order valence-electron chi connectivity index (χ0n) is 9.08. The van der Waals surface area contributed by atoms with Crippen molar-refractivity contribution >= 4 is 26.9 Å². The quantitative estimate of drug-likeness (QED) is 0.766. The molecule has 0 saturated heterocycles. The summed E-state index contributed by atoms with van der Waals surface area (Å²) in [5.74, 6) is -0.849. The average Bonchev–Trinajstić information content (AvgIpc) is 2.26. The molecule has 2 aromatic carbocycles. The number of fused-ring (bicyclic) bond motifs is 1. The molecule has 17 heavy (non-hydrogen) atoms. The van der Waals surface area contributed by atoms with Crippen molar-refractivity contribution in [3.05, 3.63) is 42.5 Å². The molecule has 2 rings (SSSR count). The summed E-state index contributed by atoms with van der Waals surface area (Å²) in [6, 6.07) is 11.8. The van der Waals surface area contributed by atoms with Gasteiger partial charge in [-0.05, 0) is 11.5 Å². The summed E-state index contributed by atoms with van der Waals surface area (Å²) in [5, 5.41) is 1.32. The normalized spacial score (nSPS) is 11.4. The SMILES string of the molecule is CC(=O)OS(=O)(=O)c1cccc2ccccc12. The largest absolute Gasteiger partial charge is 0.343 e. The molecule has 0 fully saturated rings. The lowest BCUT2D eigenvalue weighted by molar-refractivity contribution is -0.131. The van der Waals surface area contributed by atoms with Crippen molar-refractivity contribution in [1.82, 2.24) is 0 Å². The Bertz CT molecular complexity index is 668. The van der Waals surface area contributed by atoms with E-state index in [1.807, 2.05) is 6.07 Å². The van der Waals surface area contributed by atoms with Crippen LogP contribution in [0.25, 0.3) is 10.8 Å². The van der Waals surface area contributed by atoms with Crippen LogP contribution in [-0.2, 0) is 19.1 Å². The van der Waals surface area contributed by atoms with E-state index in [0.717, 1.165) is 12.3 Å². The molecule has 0 aliphatic carbocycles. The van der Waals surface area contributed by atoms with Gasteiger partial charge >= 0.3 is 16.1 Å². The molecule has 0 aliphatic heterocycles. The number of rotatable bonds is 2. The average molecular weight is 250 g/mol. The van der Waals surface area contributed by atoms with E-state index in [1.54, 1.807) is 30.3 Å². The van der Waals surface area contributed by atoms with Crippen LogP contribution in [0.2, 0.25) is 0 Å². The zero-order chi connectivity index (χ0) is 12.5. The van der Waals surface area contributed by atoms with Crippen molar-refractivity contribution in [2.75, 3.05) is 0 Å². The van der Waals surface area contributed by atoms with Gasteiger partial charge in [-0.1, -0.05) is 36.4 Å². The first kappa shape index (κ1) is 11.6. The Morgan fingerprint density at radius 3 is 2.41 bits per heavy atom. The molecule has 4 nitrogen and oxygen atoms in total. The summed E-state index contributed by atoms with van der Waals surface area (Å²) in [6.07, 6.45) is 0. The summed E-state index contributed by atoms with van der Waals surface area (Å²) in [4.78, 5) is 10.8. The number of benzene rings is 2. The fraction of sp³-hybridized carbons (Fsp3) is 0.0833. The molecule has 0 unspecified atom stereocenters. The van der Waals surface area contributed by atoms with Crippen molar-refractivity contribution in [1.29, 1.82) is 0 Å². The molecule has 88 valence electrons. The number of hydrogen-bond donors (Lipinski definition) is 0. The molecule has 0 aromatic heterocycles. The standard InChI is InChI=1S/C12H10O4S/c1-9(13)16-17(14,15)12-8-4-6-10-5-2-3-7-11(10)12/h2-8H,1H3. The summed E-state index contributed by atoms with van der Waals surface area (Å²) < 4.78 is 28.0. The van der Waals surface area contributed by atoms with Crippen LogP contribution in [0.3, 0.4) is 0 Å². The Kier molecular flexibility index (Phi) is 2.85. The van der Waals surface area contributed by atoms with Gasteiger partial charge in [0, 0.05) is 12.3 Å². The van der Waals surface area contributed by atoms with Crippen LogP contribution >= 0.6 is 0 Å². The van der Waals surface area contributed by atoms with Gasteiger partial charge in [-0.3, -0.25) is 4.79 Å². The fourth-order valence-electron chi connectivity index (χ4n) is 1.61. The van der Waals surface area contributed by atoms with Crippen LogP contribution < -0.4 is 0 Å². The number of hydrogen-bond acceptors (Lipinski definition) is 4. The second-order valence-electron chi connectivity index (χ2n) is 3.51. The molecule has 0 spiro atoms. The molecule has 0 radical (unpaired) electrons. The highest BCUT2D eigenvalue weighted by Crippen LogP contribution is 2.24. The Balaban J connectivity index is 2.67. The highest BCUT2D eigenvalue weighted by molar-refractivity contribution is 7.87. The Hall–Kier alpha value is -1.88. The highest BCUT2D eigenvalue weighted by Gasteiger charge is 2.20. The lowest BCUT2D eigenvalue weighted by Crippen LogP contribution is -2.10. The minimum atomic E-state index is -4.04. The second kappa shape index (κ2) is 4.18. The van der Waals surface area contributed by atoms with Gasteiger partial charge in [0.05, 0.1) is 0 Å². The predicted molar refractivity (Wildman–Crippen MR) is 62.9 cm³/mol. The van der Waals surface area contributed by atoms with Crippen LogP contribution in [0, 0.1) is 0 Å². The minimum absolute atomic E-state index is 0.00537. The molecule has 0 heterocycles. The molecule has 0 amide bonds. The summed E-state index contributed by atoms with van der Waals surface area (Å²) >= 11 is 0. The van der Waals surface area contributed by atoms with E-state index in [1.165, 1.54) is 6.07 Å². The first-order valence-electron chi connectivity index (χ1n) is 4.93. The van der Waals surface area contributed by atoms with E-state index >= 15 is 0 Å². The van der Waals surface area contributed by atoms with Gasteiger partial charge < -0.3 is 4.18 Å². The summed E-state index contributed by atoms with van der Waals surface area (Å²) in [6.45, 7) is 1.06. The first-order chi connectivity index (χ1) is 8.00. The van der Waals surface area contributed by atoms with E-state index in [0.29, 0.717) is 5.39 Å². The third kappa shape index (κ3) is 2.29. The molecular weight excluding hydrogens is 240 g/mol. The summed E-state index contributed by atoms with van der Waals surface area (Å²) in [5.41, 5.74) is 0. The molecule has 0 aliphatic rings. The van der Waals surface area contributed by atoms with E-state index in [4.69, 9.17) is 0 Å². The number of carbonyl (C=O) groups is 1. The van der Waals surface area contributed by atoms with Crippen molar-refractivity contribution in [2.45, 2.75) is 11.8 Å². The van der Waals surface area contributed by atoms with Crippen molar-refractivity contribution < 1.29 is 17.4 Å². The lowest BCUT2D eigenvalue weighted by atomic mass is 10.1. The zero-order valence-corrected chi connectivity index (χ0v) is 9.90. The van der Waals surface area contributed by atoms with Gasteiger partial charge in [-0.15, -0.1) is 0 Å². The van der Waals surface area contributed by atoms with E-state index in [-0.39, 0.29) is 4.90 Å². The van der Waals surface area contributed by atoms with Gasteiger partial charge in [0.2, 0.25) is 0 Å². The van der Waals surface area contributed by atoms with E-state index in [2.05, 4.69) is 4.18 Å². The van der Waals surface area contributed by atoms with Crippen molar-refractivity contribution in [3.63, 3.8) is 0 Å². The molecule has 0 N–H and O–H groups in total. The molecule has 0 atom stereocenters. The third-order valence-electron chi connectivity index (χ3n) is 2.25. The molecule has 0 bridgehead atoms. The maximum atomic E-state index is 11.8. The van der Waals surface area contributed by atoms with Crippen LogP contribution in [0.1, 0.15) is 6.92 Å². The second-order valence-corrected chi connectivity index (χ2v) is 5.02. The fourth-order valence-corrected chi connectivity index (χ4v) is 2.71. The van der Waals surface area contributed by atoms with Gasteiger partial charge in [0.15, 0.2) is 0 Å². The number of carbonyl (C=O) groups excluding carboxylic acids is 1.